The molecular formula is C21H20N2O3. The van der Waals surface area contributed by atoms with Crippen molar-refractivity contribution in [2.45, 2.75) is 6.42 Å². The fourth-order valence-electron chi connectivity index (χ4n) is 2.76. The number of benzene rings is 3. The number of hydrazone groups is 1. The number of ether oxygens (including phenoxy) is 2. The summed E-state index contributed by atoms with van der Waals surface area (Å²) in [6.07, 6.45) is 1.82. The van der Waals surface area contributed by atoms with Crippen LogP contribution in [0.25, 0.3) is 10.8 Å². The lowest BCUT2D eigenvalue weighted by molar-refractivity contribution is -0.120. The van der Waals surface area contributed by atoms with E-state index in [1.807, 2.05) is 54.6 Å². The number of fused-ring (bicyclic) bond motifs is 1. The van der Waals surface area contributed by atoms with Crippen LogP contribution in [0.2, 0.25) is 0 Å². The van der Waals surface area contributed by atoms with E-state index in [9.17, 15) is 4.79 Å². The van der Waals surface area contributed by atoms with E-state index < -0.39 is 0 Å². The van der Waals surface area contributed by atoms with Gasteiger partial charge in [0.05, 0.1) is 26.9 Å². The van der Waals surface area contributed by atoms with Gasteiger partial charge >= 0.3 is 0 Å². The van der Waals surface area contributed by atoms with E-state index in [0.717, 1.165) is 21.9 Å². The third-order valence-electron chi connectivity index (χ3n) is 4.06. The second kappa shape index (κ2) is 8.16. The maximum atomic E-state index is 12.2. The first kappa shape index (κ1) is 17.5. The Balaban J connectivity index is 1.68. The van der Waals surface area contributed by atoms with Crippen LogP contribution in [0, 0.1) is 0 Å². The van der Waals surface area contributed by atoms with E-state index in [2.05, 4.69) is 10.5 Å². The number of carbonyl (C=O) groups excluding carboxylic acids is 1. The highest BCUT2D eigenvalue weighted by molar-refractivity contribution is 5.91. The predicted molar refractivity (Wildman–Crippen MR) is 103 cm³/mol. The van der Waals surface area contributed by atoms with E-state index in [1.54, 1.807) is 26.5 Å². The van der Waals surface area contributed by atoms with Gasteiger partial charge in [0.2, 0.25) is 5.91 Å². The van der Waals surface area contributed by atoms with E-state index in [4.69, 9.17) is 9.47 Å². The summed E-state index contributed by atoms with van der Waals surface area (Å²) in [6.45, 7) is 0. The van der Waals surface area contributed by atoms with Gasteiger partial charge in [-0.1, -0.05) is 42.5 Å². The number of hydrogen-bond acceptors (Lipinski definition) is 4. The Morgan fingerprint density at radius 1 is 1.04 bits per heavy atom. The van der Waals surface area contributed by atoms with Crippen molar-refractivity contribution < 1.29 is 14.3 Å². The third kappa shape index (κ3) is 4.00. The highest BCUT2D eigenvalue weighted by atomic mass is 16.5. The van der Waals surface area contributed by atoms with E-state index in [-0.39, 0.29) is 12.3 Å². The summed E-state index contributed by atoms with van der Waals surface area (Å²) in [5, 5.41) is 6.23. The Bertz CT molecular complexity index is 946. The van der Waals surface area contributed by atoms with Crippen LogP contribution in [-0.4, -0.2) is 26.3 Å². The molecule has 3 rings (SSSR count). The Morgan fingerprint density at radius 3 is 2.65 bits per heavy atom. The number of carbonyl (C=O) groups is 1. The lowest BCUT2D eigenvalue weighted by Gasteiger charge is -2.07. The van der Waals surface area contributed by atoms with Gasteiger partial charge in [-0.15, -0.1) is 0 Å². The highest BCUT2D eigenvalue weighted by Gasteiger charge is 2.06. The van der Waals surface area contributed by atoms with Crippen molar-refractivity contribution in [2.75, 3.05) is 14.2 Å². The molecule has 26 heavy (non-hydrogen) atoms. The number of rotatable bonds is 6. The van der Waals surface area contributed by atoms with Crippen LogP contribution in [0.5, 0.6) is 11.5 Å². The smallest absolute Gasteiger partial charge is 0.244 e. The number of nitrogens with one attached hydrogen (secondary N) is 1. The molecule has 0 fully saturated rings. The Morgan fingerprint density at radius 2 is 1.85 bits per heavy atom. The topological polar surface area (TPSA) is 59.9 Å². The zero-order chi connectivity index (χ0) is 18.4. The van der Waals surface area contributed by atoms with Gasteiger partial charge < -0.3 is 9.47 Å². The summed E-state index contributed by atoms with van der Waals surface area (Å²) >= 11 is 0. The van der Waals surface area contributed by atoms with Gasteiger partial charge in [0.15, 0.2) is 0 Å². The van der Waals surface area contributed by atoms with Gasteiger partial charge in [-0.25, -0.2) is 5.43 Å². The lowest BCUT2D eigenvalue weighted by atomic mass is 10.0. The molecule has 3 aromatic rings. The van der Waals surface area contributed by atoms with E-state index in [1.165, 1.54) is 0 Å². The summed E-state index contributed by atoms with van der Waals surface area (Å²) in [7, 11) is 3.17. The van der Waals surface area contributed by atoms with Crippen molar-refractivity contribution >= 4 is 22.9 Å². The van der Waals surface area contributed by atoms with Crippen LogP contribution in [0.3, 0.4) is 0 Å². The number of hydrogen-bond donors (Lipinski definition) is 1. The molecule has 0 bridgehead atoms. The normalized spacial score (nSPS) is 10.8. The molecule has 0 aliphatic heterocycles. The second-order valence-electron chi connectivity index (χ2n) is 5.72. The quantitative estimate of drug-likeness (QED) is 0.547. The molecule has 0 aromatic heterocycles. The summed E-state index contributed by atoms with van der Waals surface area (Å²) in [5.74, 6) is 1.14. The fraction of sp³-hybridized carbons (Fsp3) is 0.143. The molecule has 0 radical (unpaired) electrons. The molecule has 0 aliphatic carbocycles. The molecule has 0 saturated carbocycles. The summed E-state index contributed by atoms with van der Waals surface area (Å²) in [6, 6.07) is 19.3. The van der Waals surface area contributed by atoms with Gasteiger partial charge in [0, 0.05) is 11.6 Å². The molecule has 0 heterocycles. The van der Waals surface area contributed by atoms with Crippen LogP contribution in [0.4, 0.5) is 0 Å². The maximum absolute atomic E-state index is 12.2. The minimum atomic E-state index is -0.176. The molecule has 5 heteroatoms. The molecule has 1 N–H and O–H groups in total. The van der Waals surface area contributed by atoms with Gasteiger partial charge in [-0.05, 0) is 28.5 Å². The minimum Gasteiger partial charge on any atom is -0.497 e. The van der Waals surface area contributed by atoms with Crippen LogP contribution in [0.1, 0.15) is 11.1 Å². The molecule has 0 saturated heterocycles. The molecule has 1 amide bonds. The number of nitrogens with zero attached hydrogens (tertiary/aromatic N) is 1. The van der Waals surface area contributed by atoms with Crippen molar-refractivity contribution in [1.29, 1.82) is 0 Å². The first-order valence-corrected chi connectivity index (χ1v) is 8.22. The first-order valence-electron chi connectivity index (χ1n) is 8.22. The third-order valence-corrected chi connectivity index (χ3v) is 4.06. The van der Waals surface area contributed by atoms with Gasteiger partial charge in [-0.2, -0.15) is 5.10 Å². The largest absolute Gasteiger partial charge is 0.497 e. The summed E-state index contributed by atoms with van der Waals surface area (Å²) in [5.41, 5.74) is 4.29. The molecule has 0 aliphatic rings. The molecule has 5 nitrogen and oxygen atoms in total. The minimum absolute atomic E-state index is 0.176. The average molecular weight is 348 g/mol. The Hall–Kier alpha value is -3.34. The second-order valence-corrected chi connectivity index (χ2v) is 5.72. The maximum Gasteiger partial charge on any atom is 0.244 e. The standard InChI is InChI=1S/C21H20N2O3/c1-25-18-11-10-17(20(13-18)26-2)14-22-23-21(24)12-16-8-5-7-15-6-3-4-9-19(15)16/h3-11,13-14H,12H2,1-2H3,(H,23,24). The SMILES string of the molecule is COc1ccc(C=NNC(=O)Cc2cccc3ccccc23)c(OC)c1. The molecule has 0 unspecified atom stereocenters. The van der Waals surface area contributed by atoms with Gasteiger partial charge in [-0.3, -0.25) is 4.79 Å². The first-order chi connectivity index (χ1) is 12.7. The van der Waals surface area contributed by atoms with Crippen LogP contribution < -0.4 is 14.9 Å². The molecule has 3 aromatic carbocycles. The van der Waals surface area contributed by atoms with Gasteiger partial charge in [0.1, 0.15) is 11.5 Å². The summed E-state index contributed by atoms with van der Waals surface area (Å²) < 4.78 is 10.5. The molecule has 132 valence electrons. The van der Waals surface area contributed by atoms with E-state index >= 15 is 0 Å². The fourth-order valence-corrected chi connectivity index (χ4v) is 2.76. The summed E-state index contributed by atoms with van der Waals surface area (Å²) in [4.78, 5) is 12.2. The van der Waals surface area contributed by atoms with Crippen molar-refractivity contribution in [1.82, 2.24) is 5.43 Å². The van der Waals surface area contributed by atoms with Crippen LogP contribution in [0.15, 0.2) is 65.8 Å². The van der Waals surface area contributed by atoms with E-state index in [0.29, 0.717) is 11.5 Å². The highest BCUT2D eigenvalue weighted by Crippen LogP contribution is 2.23. The zero-order valence-corrected chi connectivity index (χ0v) is 14.7. The van der Waals surface area contributed by atoms with Crippen LogP contribution >= 0.6 is 0 Å². The van der Waals surface area contributed by atoms with Crippen molar-refractivity contribution in [3.05, 3.63) is 71.8 Å². The van der Waals surface area contributed by atoms with Crippen LogP contribution in [-0.2, 0) is 11.2 Å². The monoisotopic (exact) mass is 348 g/mol. The zero-order valence-electron chi connectivity index (χ0n) is 14.7. The van der Waals surface area contributed by atoms with Gasteiger partial charge in [0.25, 0.3) is 0 Å². The lowest BCUT2D eigenvalue weighted by Crippen LogP contribution is -2.19. The molecule has 0 spiro atoms. The Kier molecular flexibility index (Phi) is 5.49. The predicted octanol–water partition coefficient (Wildman–Crippen LogP) is 3.55. The number of amides is 1. The molecule has 0 atom stereocenters. The Labute approximate surface area is 152 Å². The average Bonchev–Trinajstić information content (AvgIpc) is 2.68. The number of methoxy groups -OCH3 is 2. The molecular weight excluding hydrogens is 328 g/mol. The van der Waals surface area contributed by atoms with Crippen molar-refractivity contribution in [3.8, 4) is 11.5 Å². The van der Waals surface area contributed by atoms with Crippen molar-refractivity contribution in [3.63, 3.8) is 0 Å². The van der Waals surface area contributed by atoms with Crippen molar-refractivity contribution in [2.24, 2.45) is 5.10 Å².